The molecule has 1 aromatic heterocycles. The molecule has 0 atom stereocenters. The van der Waals surface area contributed by atoms with Crippen LogP contribution in [0.25, 0.3) is 11.5 Å². The van der Waals surface area contributed by atoms with Gasteiger partial charge in [0.15, 0.2) is 0 Å². The summed E-state index contributed by atoms with van der Waals surface area (Å²) >= 11 is 5.82. The van der Waals surface area contributed by atoms with Gasteiger partial charge < -0.3 is 4.42 Å². The third-order valence-electron chi connectivity index (χ3n) is 4.76. The molecule has 1 amide bonds. The smallest absolute Gasteiger partial charge is 0.322 e. The third kappa shape index (κ3) is 5.21. The minimum absolute atomic E-state index is 0.0477. The van der Waals surface area contributed by atoms with Gasteiger partial charge >= 0.3 is 6.01 Å². The summed E-state index contributed by atoms with van der Waals surface area (Å²) in [6.07, 6.45) is 0. The number of carbonyl (C=O) groups excluding carboxylic acids is 1. The van der Waals surface area contributed by atoms with Crippen molar-refractivity contribution in [1.29, 1.82) is 0 Å². The zero-order valence-corrected chi connectivity index (χ0v) is 19.2. The molecule has 0 saturated carbocycles. The zero-order valence-electron chi connectivity index (χ0n) is 17.7. The molecule has 2 N–H and O–H groups in total. The van der Waals surface area contributed by atoms with Gasteiger partial charge in [0.05, 0.1) is 4.90 Å². The van der Waals surface area contributed by atoms with Crippen LogP contribution in [0, 0.1) is 13.8 Å². The van der Waals surface area contributed by atoms with E-state index in [1.54, 1.807) is 6.07 Å². The van der Waals surface area contributed by atoms with Crippen molar-refractivity contribution in [3.05, 3.63) is 88.4 Å². The van der Waals surface area contributed by atoms with E-state index < -0.39 is 15.9 Å². The second-order valence-corrected chi connectivity index (χ2v) is 9.44. The van der Waals surface area contributed by atoms with Gasteiger partial charge in [-0.2, -0.15) is 0 Å². The first kappa shape index (κ1) is 22.5. The second kappa shape index (κ2) is 9.05. The number of aryl methyl sites for hydroxylation is 2. The van der Waals surface area contributed by atoms with Crippen LogP contribution in [0.15, 0.2) is 76.0 Å². The van der Waals surface area contributed by atoms with Gasteiger partial charge in [-0.05, 0) is 67.9 Å². The maximum atomic E-state index is 12.7. The fourth-order valence-electron chi connectivity index (χ4n) is 3.16. The van der Waals surface area contributed by atoms with Gasteiger partial charge in [0.1, 0.15) is 0 Å². The maximum Gasteiger partial charge on any atom is 0.322 e. The molecule has 3 aromatic carbocycles. The molecule has 0 aliphatic carbocycles. The lowest BCUT2D eigenvalue weighted by Gasteiger charge is -2.09. The molecule has 4 rings (SSSR count). The SMILES string of the molecule is Cc1ccc(-c2nnc(NC(=O)c3cccc(NS(=O)(=O)c4ccc(Cl)cc4)c3)o2)c(C)c1. The van der Waals surface area contributed by atoms with Crippen molar-refractivity contribution in [3.63, 3.8) is 0 Å². The summed E-state index contributed by atoms with van der Waals surface area (Å²) in [4.78, 5) is 12.7. The van der Waals surface area contributed by atoms with Crippen LogP contribution in [0.2, 0.25) is 5.02 Å². The second-order valence-electron chi connectivity index (χ2n) is 7.33. The average molecular weight is 483 g/mol. The van der Waals surface area contributed by atoms with E-state index in [0.29, 0.717) is 5.02 Å². The minimum atomic E-state index is -3.85. The van der Waals surface area contributed by atoms with Crippen LogP contribution >= 0.6 is 11.6 Å². The first-order valence-electron chi connectivity index (χ1n) is 9.82. The zero-order chi connectivity index (χ0) is 23.6. The lowest BCUT2D eigenvalue weighted by atomic mass is 10.1. The molecular weight excluding hydrogens is 464 g/mol. The van der Waals surface area contributed by atoms with Crippen molar-refractivity contribution in [1.82, 2.24) is 10.2 Å². The highest BCUT2D eigenvalue weighted by atomic mass is 35.5. The largest absolute Gasteiger partial charge is 0.403 e. The fraction of sp³-hybridized carbons (Fsp3) is 0.0870. The molecule has 0 unspecified atom stereocenters. The maximum absolute atomic E-state index is 12.7. The molecule has 1 heterocycles. The van der Waals surface area contributed by atoms with Crippen LogP contribution in [0.5, 0.6) is 0 Å². The average Bonchev–Trinajstić information content (AvgIpc) is 3.22. The van der Waals surface area contributed by atoms with E-state index in [9.17, 15) is 13.2 Å². The van der Waals surface area contributed by atoms with Crippen molar-refractivity contribution in [3.8, 4) is 11.5 Å². The molecule has 4 aromatic rings. The van der Waals surface area contributed by atoms with Gasteiger partial charge in [-0.3, -0.25) is 14.8 Å². The van der Waals surface area contributed by atoms with Crippen molar-refractivity contribution in [2.75, 3.05) is 10.0 Å². The Balaban J connectivity index is 1.49. The molecular formula is C23H19ClN4O4S. The number of nitrogens with zero attached hydrogens (tertiary/aromatic N) is 2. The van der Waals surface area contributed by atoms with Gasteiger partial charge in [0.25, 0.3) is 15.9 Å². The van der Waals surface area contributed by atoms with E-state index in [1.807, 2.05) is 32.0 Å². The number of sulfonamides is 1. The van der Waals surface area contributed by atoms with E-state index >= 15 is 0 Å². The number of nitrogens with one attached hydrogen (secondary N) is 2. The molecule has 0 fully saturated rings. The molecule has 10 heteroatoms. The first-order chi connectivity index (χ1) is 15.7. The lowest BCUT2D eigenvalue weighted by molar-refractivity contribution is 0.102. The monoisotopic (exact) mass is 482 g/mol. The van der Waals surface area contributed by atoms with Gasteiger partial charge in [-0.1, -0.05) is 40.5 Å². The van der Waals surface area contributed by atoms with E-state index in [2.05, 4.69) is 20.2 Å². The molecule has 0 saturated heterocycles. The number of benzene rings is 3. The highest BCUT2D eigenvalue weighted by molar-refractivity contribution is 7.92. The van der Waals surface area contributed by atoms with Crippen LogP contribution in [0.1, 0.15) is 21.5 Å². The number of amides is 1. The number of halogens is 1. The molecule has 0 aliphatic rings. The quantitative estimate of drug-likeness (QED) is 0.397. The number of hydrogen-bond donors (Lipinski definition) is 2. The summed E-state index contributed by atoms with van der Waals surface area (Å²) in [5.41, 5.74) is 3.27. The Morgan fingerprint density at radius 3 is 2.45 bits per heavy atom. The Hall–Kier alpha value is -3.69. The predicted molar refractivity (Wildman–Crippen MR) is 126 cm³/mol. The number of hydrogen-bond acceptors (Lipinski definition) is 6. The van der Waals surface area contributed by atoms with Crippen LogP contribution in [-0.4, -0.2) is 24.5 Å². The third-order valence-corrected chi connectivity index (χ3v) is 6.41. The summed E-state index contributed by atoms with van der Waals surface area (Å²) in [7, 11) is -3.85. The molecule has 0 aliphatic heterocycles. The van der Waals surface area contributed by atoms with Crippen molar-refractivity contribution in [2.45, 2.75) is 18.7 Å². The van der Waals surface area contributed by atoms with E-state index in [1.165, 1.54) is 42.5 Å². The number of rotatable bonds is 6. The normalized spacial score (nSPS) is 11.2. The molecule has 0 bridgehead atoms. The van der Waals surface area contributed by atoms with E-state index in [4.69, 9.17) is 16.0 Å². The molecule has 0 radical (unpaired) electrons. The first-order valence-corrected chi connectivity index (χ1v) is 11.7. The number of anilines is 2. The molecule has 168 valence electrons. The van der Waals surface area contributed by atoms with E-state index in [0.717, 1.165) is 16.7 Å². The van der Waals surface area contributed by atoms with Crippen LogP contribution in [0.3, 0.4) is 0 Å². The van der Waals surface area contributed by atoms with Gasteiger partial charge in [0.2, 0.25) is 5.89 Å². The molecule has 8 nitrogen and oxygen atoms in total. The van der Waals surface area contributed by atoms with Crippen molar-refractivity contribution in [2.24, 2.45) is 0 Å². The van der Waals surface area contributed by atoms with Crippen molar-refractivity contribution >= 4 is 39.2 Å². The Labute approximate surface area is 195 Å². The van der Waals surface area contributed by atoms with Crippen LogP contribution in [0.4, 0.5) is 11.7 Å². The lowest BCUT2D eigenvalue weighted by Crippen LogP contribution is -2.15. The summed E-state index contributed by atoms with van der Waals surface area (Å²) in [6.45, 7) is 3.92. The summed E-state index contributed by atoms with van der Waals surface area (Å²) in [5.74, 6) is -0.245. The highest BCUT2D eigenvalue weighted by Gasteiger charge is 2.17. The predicted octanol–water partition coefficient (Wildman–Crippen LogP) is 5.06. The van der Waals surface area contributed by atoms with Crippen molar-refractivity contribution < 1.29 is 17.6 Å². The Morgan fingerprint density at radius 1 is 0.970 bits per heavy atom. The topological polar surface area (TPSA) is 114 Å². The van der Waals surface area contributed by atoms with Crippen LogP contribution < -0.4 is 10.0 Å². The number of aromatic nitrogens is 2. The van der Waals surface area contributed by atoms with E-state index in [-0.39, 0.29) is 28.1 Å². The molecule has 33 heavy (non-hydrogen) atoms. The Bertz CT molecular complexity index is 1430. The number of carbonyl (C=O) groups is 1. The molecule has 0 spiro atoms. The van der Waals surface area contributed by atoms with Gasteiger partial charge in [-0.15, -0.1) is 5.10 Å². The highest BCUT2D eigenvalue weighted by Crippen LogP contribution is 2.25. The van der Waals surface area contributed by atoms with Gasteiger partial charge in [0, 0.05) is 21.8 Å². The fourth-order valence-corrected chi connectivity index (χ4v) is 4.33. The summed E-state index contributed by atoms with van der Waals surface area (Å²) in [6, 6.07) is 17.5. The summed E-state index contributed by atoms with van der Waals surface area (Å²) < 4.78 is 33.2. The summed E-state index contributed by atoms with van der Waals surface area (Å²) in [5, 5.41) is 10.8. The Morgan fingerprint density at radius 2 is 1.73 bits per heavy atom. The van der Waals surface area contributed by atoms with Gasteiger partial charge in [-0.25, -0.2) is 8.42 Å². The minimum Gasteiger partial charge on any atom is -0.403 e. The van der Waals surface area contributed by atoms with Crippen LogP contribution in [-0.2, 0) is 10.0 Å². The Kier molecular flexibility index (Phi) is 6.17. The standard InChI is InChI=1S/C23H19ClN4O4S/c1-14-6-11-20(15(2)12-14)22-26-27-23(32-22)25-21(29)16-4-3-5-18(13-16)28-33(30,31)19-9-7-17(24)8-10-19/h3-13,28H,1-2H3,(H,25,27,29).